The Labute approximate surface area is 118 Å². The van der Waals surface area contributed by atoms with Gasteiger partial charge < -0.3 is 5.32 Å². The van der Waals surface area contributed by atoms with Gasteiger partial charge in [-0.05, 0) is 42.0 Å². The largest absolute Gasteiger partial charge is 0.313 e. The second-order valence-corrected chi connectivity index (χ2v) is 5.66. The number of alkyl halides is 1. The van der Waals surface area contributed by atoms with Crippen LogP contribution in [-0.4, -0.2) is 11.0 Å². The average Bonchev–Trinajstić information content (AvgIpc) is 2.28. The summed E-state index contributed by atoms with van der Waals surface area (Å²) < 4.78 is 15.5. The molecule has 1 aromatic rings. The first-order valence-electron chi connectivity index (χ1n) is 5.44. The molecule has 0 saturated heterocycles. The van der Waals surface area contributed by atoms with Gasteiger partial charge in [-0.25, -0.2) is 4.39 Å². The summed E-state index contributed by atoms with van der Waals surface area (Å²) in [6, 6.07) is 5.05. The molecule has 0 aliphatic carbocycles. The van der Waals surface area contributed by atoms with Crippen molar-refractivity contribution in [3.8, 4) is 0 Å². The molecule has 0 aliphatic heterocycles. The third-order valence-corrected chi connectivity index (χ3v) is 3.57. The van der Waals surface area contributed by atoms with Crippen LogP contribution >= 0.6 is 38.5 Å². The summed E-state index contributed by atoms with van der Waals surface area (Å²) in [4.78, 5) is 0. The van der Waals surface area contributed by atoms with Crippen LogP contribution in [0, 0.1) is 5.82 Å². The molecular weight excluding hydrogens is 384 g/mol. The average molecular weight is 400 g/mol. The van der Waals surface area contributed by atoms with E-state index in [4.69, 9.17) is 0 Å². The third kappa shape index (κ3) is 5.59. The first-order chi connectivity index (χ1) is 7.74. The SMILES string of the molecule is Fc1ccc(Br)cc1CNCCCCCI. The Morgan fingerprint density at radius 2 is 2.06 bits per heavy atom. The summed E-state index contributed by atoms with van der Waals surface area (Å²) in [6.45, 7) is 1.57. The van der Waals surface area contributed by atoms with Crippen LogP contribution < -0.4 is 5.32 Å². The Balaban J connectivity index is 2.23. The number of hydrogen-bond donors (Lipinski definition) is 1. The minimum atomic E-state index is -0.136. The smallest absolute Gasteiger partial charge is 0.127 e. The van der Waals surface area contributed by atoms with E-state index in [0.29, 0.717) is 6.54 Å². The Hall–Kier alpha value is 0.320. The molecule has 90 valence electrons. The van der Waals surface area contributed by atoms with Gasteiger partial charge in [0.25, 0.3) is 0 Å². The molecule has 0 unspecified atom stereocenters. The molecule has 0 spiro atoms. The molecule has 0 bridgehead atoms. The molecule has 0 heterocycles. The first-order valence-corrected chi connectivity index (χ1v) is 7.76. The zero-order valence-corrected chi connectivity index (χ0v) is 12.9. The molecule has 0 amide bonds. The van der Waals surface area contributed by atoms with E-state index in [2.05, 4.69) is 43.8 Å². The van der Waals surface area contributed by atoms with Gasteiger partial charge in [0, 0.05) is 16.6 Å². The van der Waals surface area contributed by atoms with Gasteiger partial charge in [-0.3, -0.25) is 0 Å². The number of rotatable bonds is 7. The van der Waals surface area contributed by atoms with Gasteiger partial charge in [0.05, 0.1) is 0 Å². The monoisotopic (exact) mass is 399 g/mol. The minimum Gasteiger partial charge on any atom is -0.313 e. The number of nitrogens with one attached hydrogen (secondary N) is 1. The van der Waals surface area contributed by atoms with Crippen LogP contribution in [0.4, 0.5) is 4.39 Å². The maximum atomic E-state index is 13.3. The van der Waals surface area contributed by atoms with Crippen molar-refractivity contribution in [2.75, 3.05) is 11.0 Å². The normalized spacial score (nSPS) is 10.7. The van der Waals surface area contributed by atoms with E-state index in [0.717, 1.165) is 16.6 Å². The van der Waals surface area contributed by atoms with Gasteiger partial charge in [-0.1, -0.05) is 44.9 Å². The highest BCUT2D eigenvalue weighted by atomic mass is 127. The molecule has 16 heavy (non-hydrogen) atoms. The fourth-order valence-electron chi connectivity index (χ4n) is 1.42. The molecule has 1 rings (SSSR count). The molecule has 0 atom stereocenters. The molecule has 0 radical (unpaired) electrons. The van der Waals surface area contributed by atoms with E-state index in [1.54, 1.807) is 6.07 Å². The van der Waals surface area contributed by atoms with Crippen molar-refractivity contribution in [3.05, 3.63) is 34.1 Å². The van der Waals surface area contributed by atoms with Gasteiger partial charge in [0.1, 0.15) is 5.82 Å². The van der Waals surface area contributed by atoms with Gasteiger partial charge in [0.2, 0.25) is 0 Å². The Bertz CT molecular complexity index is 320. The highest BCUT2D eigenvalue weighted by Crippen LogP contribution is 2.15. The van der Waals surface area contributed by atoms with Crippen LogP contribution in [0.1, 0.15) is 24.8 Å². The van der Waals surface area contributed by atoms with Crippen molar-refractivity contribution < 1.29 is 4.39 Å². The van der Waals surface area contributed by atoms with E-state index in [9.17, 15) is 4.39 Å². The summed E-state index contributed by atoms with van der Waals surface area (Å²) >= 11 is 5.73. The molecule has 4 heteroatoms. The van der Waals surface area contributed by atoms with Crippen LogP contribution in [0.15, 0.2) is 22.7 Å². The number of halogens is 3. The number of benzene rings is 1. The highest BCUT2D eigenvalue weighted by molar-refractivity contribution is 14.1. The summed E-state index contributed by atoms with van der Waals surface area (Å²) in [5, 5.41) is 3.27. The lowest BCUT2D eigenvalue weighted by Gasteiger charge is -2.06. The first kappa shape index (κ1) is 14.4. The number of hydrogen-bond acceptors (Lipinski definition) is 1. The van der Waals surface area contributed by atoms with Crippen LogP contribution in [-0.2, 0) is 6.54 Å². The van der Waals surface area contributed by atoms with Gasteiger partial charge in [-0.2, -0.15) is 0 Å². The Morgan fingerprint density at radius 3 is 2.81 bits per heavy atom. The Kier molecular flexibility index (Phi) is 7.56. The summed E-state index contributed by atoms with van der Waals surface area (Å²) in [5.74, 6) is -0.136. The van der Waals surface area contributed by atoms with E-state index in [-0.39, 0.29) is 5.82 Å². The molecule has 0 aliphatic rings. The predicted octanol–water partition coefficient (Wildman–Crippen LogP) is 4.28. The molecule has 1 aromatic carbocycles. The lowest BCUT2D eigenvalue weighted by molar-refractivity contribution is 0.574. The van der Waals surface area contributed by atoms with Gasteiger partial charge in [0.15, 0.2) is 0 Å². The highest BCUT2D eigenvalue weighted by Gasteiger charge is 2.01. The lowest BCUT2D eigenvalue weighted by atomic mass is 10.2. The molecule has 0 aromatic heterocycles. The van der Waals surface area contributed by atoms with Gasteiger partial charge >= 0.3 is 0 Å². The topological polar surface area (TPSA) is 12.0 Å². The van der Waals surface area contributed by atoms with E-state index >= 15 is 0 Å². The van der Waals surface area contributed by atoms with Crippen molar-refractivity contribution in [2.45, 2.75) is 25.8 Å². The zero-order valence-electron chi connectivity index (χ0n) is 9.11. The molecular formula is C12H16BrFIN. The molecule has 1 nitrogen and oxygen atoms in total. The summed E-state index contributed by atoms with van der Waals surface area (Å²) in [7, 11) is 0. The van der Waals surface area contributed by atoms with Crippen LogP contribution in [0.3, 0.4) is 0 Å². The van der Waals surface area contributed by atoms with Crippen LogP contribution in [0.5, 0.6) is 0 Å². The fraction of sp³-hybridized carbons (Fsp3) is 0.500. The molecule has 1 N–H and O–H groups in total. The quantitative estimate of drug-likeness (QED) is 0.410. The van der Waals surface area contributed by atoms with E-state index < -0.39 is 0 Å². The summed E-state index contributed by atoms with van der Waals surface area (Å²) in [5.41, 5.74) is 0.725. The molecule has 0 fully saturated rings. The number of unbranched alkanes of at least 4 members (excludes halogenated alkanes) is 2. The second-order valence-electron chi connectivity index (χ2n) is 3.66. The van der Waals surface area contributed by atoms with Gasteiger partial charge in [-0.15, -0.1) is 0 Å². The van der Waals surface area contributed by atoms with Crippen molar-refractivity contribution in [2.24, 2.45) is 0 Å². The minimum absolute atomic E-state index is 0.136. The Morgan fingerprint density at radius 1 is 1.25 bits per heavy atom. The van der Waals surface area contributed by atoms with Crippen molar-refractivity contribution in [1.29, 1.82) is 0 Å². The fourth-order valence-corrected chi connectivity index (χ4v) is 2.37. The summed E-state index contributed by atoms with van der Waals surface area (Å²) in [6.07, 6.45) is 3.68. The maximum absolute atomic E-state index is 13.3. The van der Waals surface area contributed by atoms with E-state index in [1.807, 2.05) is 6.07 Å². The van der Waals surface area contributed by atoms with Crippen molar-refractivity contribution >= 4 is 38.5 Å². The van der Waals surface area contributed by atoms with Crippen LogP contribution in [0.2, 0.25) is 0 Å². The molecule has 0 saturated carbocycles. The second kappa shape index (κ2) is 8.42. The predicted molar refractivity (Wildman–Crippen MR) is 78.5 cm³/mol. The van der Waals surface area contributed by atoms with Crippen molar-refractivity contribution in [3.63, 3.8) is 0 Å². The van der Waals surface area contributed by atoms with E-state index in [1.165, 1.54) is 29.8 Å². The third-order valence-electron chi connectivity index (χ3n) is 2.31. The zero-order chi connectivity index (χ0) is 11.8. The van der Waals surface area contributed by atoms with Crippen molar-refractivity contribution in [1.82, 2.24) is 5.32 Å². The van der Waals surface area contributed by atoms with Crippen LogP contribution in [0.25, 0.3) is 0 Å². The maximum Gasteiger partial charge on any atom is 0.127 e. The standard InChI is InChI=1S/C12H16BrFIN/c13-11-4-5-12(14)10(8-11)9-16-7-3-1-2-6-15/h4-5,8,16H,1-3,6-7,9H2. The lowest BCUT2D eigenvalue weighted by Crippen LogP contribution is -2.15.